The fourth-order valence-electron chi connectivity index (χ4n) is 0.855. The lowest BCUT2D eigenvalue weighted by Gasteiger charge is -1.83. The predicted molar refractivity (Wildman–Crippen MR) is 42.0 cm³/mol. The number of rotatable bonds is 2. The van der Waals surface area contributed by atoms with Crippen molar-refractivity contribution >= 4 is 0 Å². The van der Waals surface area contributed by atoms with Gasteiger partial charge in [-0.3, -0.25) is 0 Å². The highest BCUT2D eigenvalue weighted by Crippen LogP contribution is 2.02. The molecule has 2 heteroatoms. The van der Waals surface area contributed by atoms with Gasteiger partial charge in [0.1, 0.15) is 5.82 Å². The van der Waals surface area contributed by atoms with Crippen molar-refractivity contribution < 1.29 is 0 Å². The number of hydrogen-bond donors (Lipinski definition) is 1. The lowest BCUT2D eigenvalue weighted by atomic mass is 10.4. The predicted octanol–water partition coefficient (Wildman–Crippen LogP) is 1.76. The van der Waals surface area contributed by atoms with E-state index in [4.69, 9.17) is 0 Å². The van der Waals surface area contributed by atoms with Crippen molar-refractivity contribution in [1.29, 1.82) is 0 Å². The standard InChI is InChI=1S/C8H12N2/c1-4-5-8-9-6(2)7(3)10-8/h4H,1,5H2,2-3H3,(H,9,10). The molecule has 54 valence electrons. The molecule has 0 radical (unpaired) electrons. The van der Waals surface area contributed by atoms with E-state index in [0.717, 1.165) is 23.6 Å². The van der Waals surface area contributed by atoms with Gasteiger partial charge in [-0.05, 0) is 13.8 Å². The molecule has 1 aromatic heterocycles. The lowest BCUT2D eigenvalue weighted by Crippen LogP contribution is -1.82. The summed E-state index contributed by atoms with van der Waals surface area (Å²) in [5.74, 6) is 1.00. The summed E-state index contributed by atoms with van der Waals surface area (Å²) in [4.78, 5) is 7.44. The van der Waals surface area contributed by atoms with Gasteiger partial charge in [-0.25, -0.2) is 4.98 Å². The molecule has 0 spiro atoms. The van der Waals surface area contributed by atoms with Crippen LogP contribution in [0.5, 0.6) is 0 Å². The maximum Gasteiger partial charge on any atom is 0.110 e. The zero-order valence-electron chi connectivity index (χ0n) is 6.44. The normalized spacial score (nSPS) is 9.80. The summed E-state index contributed by atoms with van der Waals surface area (Å²) in [6.07, 6.45) is 2.67. The van der Waals surface area contributed by atoms with Gasteiger partial charge in [-0.1, -0.05) is 6.08 Å². The molecular weight excluding hydrogens is 124 g/mol. The second-order valence-corrected chi connectivity index (χ2v) is 2.39. The molecule has 0 aliphatic carbocycles. The van der Waals surface area contributed by atoms with Crippen LogP contribution in [0.3, 0.4) is 0 Å². The fourth-order valence-corrected chi connectivity index (χ4v) is 0.855. The summed E-state index contributed by atoms with van der Waals surface area (Å²) in [5, 5.41) is 0. The minimum atomic E-state index is 0.828. The summed E-state index contributed by atoms with van der Waals surface area (Å²) in [6.45, 7) is 7.66. The largest absolute Gasteiger partial charge is 0.346 e. The lowest BCUT2D eigenvalue weighted by molar-refractivity contribution is 1.04. The van der Waals surface area contributed by atoms with Crippen molar-refractivity contribution in [2.75, 3.05) is 0 Å². The Labute approximate surface area is 61.0 Å². The second kappa shape index (κ2) is 2.69. The SMILES string of the molecule is C=CCc1nc(C)c(C)[nH]1. The third-order valence-corrected chi connectivity index (χ3v) is 1.51. The number of H-pyrrole nitrogens is 1. The minimum absolute atomic E-state index is 0.828. The average Bonchev–Trinajstić information content (AvgIpc) is 2.14. The first-order chi connectivity index (χ1) is 4.74. The molecule has 2 nitrogen and oxygen atoms in total. The second-order valence-electron chi connectivity index (χ2n) is 2.39. The fraction of sp³-hybridized carbons (Fsp3) is 0.375. The van der Waals surface area contributed by atoms with E-state index in [0.29, 0.717) is 0 Å². The van der Waals surface area contributed by atoms with Gasteiger partial charge < -0.3 is 4.98 Å². The molecule has 0 bridgehead atoms. The van der Waals surface area contributed by atoms with E-state index in [1.54, 1.807) is 0 Å². The van der Waals surface area contributed by atoms with E-state index in [-0.39, 0.29) is 0 Å². The van der Waals surface area contributed by atoms with Crippen LogP contribution in [0.4, 0.5) is 0 Å². The highest BCUT2D eigenvalue weighted by molar-refractivity contribution is 5.11. The van der Waals surface area contributed by atoms with Gasteiger partial charge in [0.15, 0.2) is 0 Å². The van der Waals surface area contributed by atoms with Crippen LogP contribution in [-0.4, -0.2) is 9.97 Å². The van der Waals surface area contributed by atoms with Crippen LogP contribution >= 0.6 is 0 Å². The molecule has 1 N–H and O–H groups in total. The van der Waals surface area contributed by atoms with Crippen molar-refractivity contribution in [3.8, 4) is 0 Å². The summed E-state index contributed by atoms with van der Waals surface area (Å²) in [6, 6.07) is 0. The van der Waals surface area contributed by atoms with Gasteiger partial charge in [0.25, 0.3) is 0 Å². The topological polar surface area (TPSA) is 28.7 Å². The molecule has 1 aromatic rings. The number of allylic oxidation sites excluding steroid dienone is 1. The first-order valence-corrected chi connectivity index (χ1v) is 3.37. The van der Waals surface area contributed by atoms with Gasteiger partial charge in [-0.2, -0.15) is 0 Å². The number of hydrogen-bond acceptors (Lipinski definition) is 1. The van der Waals surface area contributed by atoms with Crippen LogP contribution in [0.15, 0.2) is 12.7 Å². The van der Waals surface area contributed by atoms with Crippen molar-refractivity contribution in [2.24, 2.45) is 0 Å². The summed E-state index contributed by atoms with van der Waals surface area (Å²) < 4.78 is 0. The van der Waals surface area contributed by atoms with E-state index in [1.807, 2.05) is 19.9 Å². The van der Waals surface area contributed by atoms with Crippen LogP contribution in [0.1, 0.15) is 17.2 Å². The maximum atomic E-state index is 4.27. The van der Waals surface area contributed by atoms with E-state index in [1.165, 1.54) is 0 Å². The van der Waals surface area contributed by atoms with Gasteiger partial charge in [0.05, 0.1) is 5.69 Å². The van der Waals surface area contributed by atoms with Crippen LogP contribution in [0.2, 0.25) is 0 Å². The number of nitrogens with zero attached hydrogens (tertiary/aromatic N) is 1. The molecule has 0 atom stereocenters. The molecule has 0 aromatic carbocycles. The molecule has 1 heterocycles. The van der Waals surface area contributed by atoms with Gasteiger partial charge >= 0.3 is 0 Å². The molecule has 1 rings (SSSR count). The Morgan fingerprint density at radius 3 is 2.70 bits per heavy atom. The third-order valence-electron chi connectivity index (χ3n) is 1.51. The van der Waals surface area contributed by atoms with Crippen LogP contribution in [0, 0.1) is 13.8 Å². The van der Waals surface area contributed by atoms with Crippen molar-refractivity contribution in [2.45, 2.75) is 20.3 Å². The summed E-state index contributed by atoms with van der Waals surface area (Å²) >= 11 is 0. The zero-order valence-corrected chi connectivity index (χ0v) is 6.44. The summed E-state index contributed by atoms with van der Waals surface area (Å²) in [5.41, 5.74) is 2.23. The van der Waals surface area contributed by atoms with E-state index < -0.39 is 0 Å². The average molecular weight is 136 g/mol. The first-order valence-electron chi connectivity index (χ1n) is 3.37. The Bertz CT molecular complexity index is 216. The number of aryl methyl sites for hydroxylation is 2. The molecule has 0 amide bonds. The Morgan fingerprint density at radius 1 is 1.60 bits per heavy atom. The van der Waals surface area contributed by atoms with Crippen molar-refractivity contribution in [1.82, 2.24) is 9.97 Å². The molecule has 0 fully saturated rings. The number of imidazole rings is 1. The third kappa shape index (κ3) is 1.26. The molecule has 0 aliphatic rings. The van der Waals surface area contributed by atoms with E-state index >= 15 is 0 Å². The van der Waals surface area contributed by atoms with Crippen LogP contribution < -0.4 is 0 Å². The summed E-state index contributed by atoms with van der Waals surface area (Å²) in [7, 11) is 0. The molecular formula is C8H12N2. The first kappa shape index (κ1) is 7.06. The zero-order chi connectivity index (χ0) is 7.56. The Kier molecular flexibility index (Phi) is 1.90. The van der Waals surface area contributed by atoms with Crippen LogP contribution in [-0.2, 0) is 6.42 Å². The number of aromatic amines is 1. The van der Waals surface area contributed by atoms with Crippen molar-refractivity contribution in [3.63, 3.8) is 0 Å². The maximum absolute atomic E-state index is 4.27. The molecule has 10 heavy (non-hydrogen) atoms. The van der Waals surface area contributed by atoms with Crippen molar-refractivity contribution in [3.05, 3.63) is 29.9 Å². The van der Waals surface area contributed by atoms with Crippen LogP contribution in [0.25, 0.3) is 0 Å². The smallest absolute Gasteiger partial charge is 0.110 e. The molecule has 0 unspecified atom stereocenters. The van der Waals surface area contributed by atoms with E-state index in [2.05, 4.69) is 16.5 Å². The molecule has 0 saturated heterocycles. The monoisotopic (exact) mass is 136 g/mol. The van der Waals surface area contributed by atoms with Gasteiger partial charge in [-0.15, -0.1) is 6.58 Å². The number of nitrogens with one attached hydrogen (secondary N) is 1. The Balaban J connectivity index is 2.86. The highest BCUT2D eigenvalue weighted by Gasteiger charge is 1.98. The Morgan fingerprint density at radius 2 is 2.30 bits per heavy atom. The Hall–Kier alpha value is -1.05. The minimum Gasteiger partial charge on any atom is -0.346 e. The molecule has 0 saturated carbocycles. The highest BCUT2D eigenvalue weighted by atomic mass is 14.9. The van der Waals surface area contributed by atoms with Gasteiger partial charge in [0, 0.05) is 12.1 Å². The van der Waals surface area contributed by atoms with Gasteiger partial charge in [0.2, 0.25) is 0 Å². The molecule has 0 aliphatic heterocycles. The quantitative estimate of drug-likeness (QED) is 0.616. The number of aromatic nitrogens is 2. The van der Waals surface area contributed by atoms with E-state index in [9.17, 15) is 0 Å².